The van der Waals surface area contributed by atoms with E-state index in [2.05, 4.69) is 4.98 Å². The average Bonchev–Trinajstić information content (AvgIpc) is 2.15. The molecule has 14 heavy (non-hydrogen) atoms. The lowest BCUT2D eigenvalue weighted by molar-refractivity contribution is 0.383. The van der Waals surface area contributed by atoms with Gasteiger partial charge in [0.05, 0.1) is 4.90 Å². The lowest BCUT2D eigenvalue weighted by atomic mass is 10.4. The molecule has 0 radical (unpaired) electrons. The highest BCUT2D eigenvalue weighted by molar-refractivity contribution is 7.99. The summed E-state index contributed by atoms with van der Waals surface area (Å²) in [6.07, 6.45) is 0.648. The van der Waals surface area contributed by atoms with E-state index in [1.165, 1.54) is 0 Å². The summed E-state index contributed by atoms with van der Waals surface area (Å²) < 4.78 is 50.9. The Balaban J connectivity index is 3.11. The molecule has 0 N–H and O–H groups in total. The quantitative estimate of drug-likeness (QED) is 0.445. The SMILES string of the molecule is CCCSc1c(F)c(F)nc(F)c1F. The van der Waals surface area contributed by atoms with Crippen molar-refractivity contribution in [3.63, 3.8) is 0 Å². The number of pyridine rings is 1. The third-order valence-electron chi connectivity index (χ3n) is 1.41. The lowest BCUT2D eigenvalue weighted by Crippen LogP contribution is -2.02. The van der Waals surface area contributed by atoms with Gasteiger partial charge in [-0.3, -0.25) is 0 Å². The molecule has 0 aliphatic rings. The maximum atomic E-state index is 12.9. The van der Waals surface area contributed by atoms with E-state index in [1.807, 2.05) is 0 Å². The van der Waals surface area contributed by atoms with E-state index in [0.29, 0.717) is 12.2 Å². The van der Waals surface area contributed by atoms with Gasteiger partial charge >= 0.3 is 0 Å². The first-order valence-corrected chi connectivity index (χ1v) is 4.89. The van der Waals surface area contributed by atoms with Gasteiger partial charge in [-0.15, -0.1) is 11.8 Å². The molecule has 0 saturated heterocycles. The van der Waals surface area contributed by atoms with Gasteiger partial charge in [0, 0.05) is 0 Å². The zero-order valence-electron chi connectivity index (χ0n) is 7.28. The molecule has 78 valence electrons. The Hall–Kier alpha value is -0.780. The molecule has 0 bridgehead atoms. The van der Waals surface area contributed by atoms with E-state index < -0.39 is 28.4 Å². The predicted molar refractivity (Wildman–Crippen MR) is 45.1 cm³/mol. The van der Waals surface area contributed by atoms with Crippen LogP contribution >= 0.6 is 11.8 Å². The number of nitrogens with zero attached hydrogens (tertiary/aromatic N) is 1. The highest BCUT2D eigenvalue weighted by atomic mass is 32.2. The summed E-state index contributed by atoms with van der Waals surface area (Å²) in [5.41, 5.74) is 0. The third-order valence-corrected chi connectivity index (χ3v) is 2.67. The maximum Gasteiger partial charge on any atom is 0.252 e. The van der Waals surface area contributed by atoms with Crippen molar-refractivity contribution in [1.82, 2.24) is 4.98 Å². The summed E-state index contributed by atoms with van der Waals surface area (Å²) in [5, 5.41) is 0. The zero-order valence-corrected chi connectivity index (χ0v) is 8.10. The highest BCUT2D eigenvalue weighted by Gasteiger charge is 2.20. The molecule has 0 unspecified atom stereocenters. The van der Waals surface area contributed by atoms with Crippen LogP contribution in [0.15, 0.2) is 4.90 Å². The first-order valence-electron chi connectivity index (χ1n) is 3.90. The summed E-state index contributed by atoms with van der Waals surface area (Å²) in [7, 11) is 0. The van der Waals surface area contributed by atoms with Crippen molar-refractivity contribution < 1.29 is 17.6 Å². The molecule has 0 fully saturated rings. The molecule has 0 atom stereocenters. The van der Waals surface area contributed by atoms with Gasteiger partial charge in [-0.05, 0) is 12.2 Å². The number of thioether (sulfide) groups is 1. The Kier molecular flexibility index (Phi) is 3.74. The minimum absolute atomic E-state index is 0.386. The average molecular weight is 225 g/mol. The van der Waals surface area contributed by atoms with Crippen LogP contribution in [0.3, 0.4) is 0 Å². The van der Waals surface area contributed by atoms with Crippen LogP contribution in [-0.4, -0.2) is 10.7 Å². The van der Waals surface area contributed by atoms with Crippen LogP contribution in [0, 0.1) is 23.5 Å². The standard InChI is InChI=1S/C8H7F4NS/c1-2-3-14-6-4(9)7(11)13-8(12)5(6)10/h2-3H2,1H3. The normalized spacial score (nSPS) is 10.6. The molecule has 0 aliphatic carbocycles. The second-order valence-electron chi connectivity index (χ2n) is 2.50. The fourth-order valence-electron chi connectivity index (χ4n) is 0.799. The number of hydrogen-bond acceptors (Lipinski definition) is 2. The van der Waals surface area contributed by atoms with Gasteiger partial charge in [0.2, 0.25) is 0 Å². The molecule has 1 aromatic rings. The van der Waals surface area contributed by atoms with E-state index in [9.17, 15) is 17.6 Å². The van der Waals surface area contributed by atoms with Gasteiger partial charge in [-0.2, -0.15) is 13.8 Å². The molecule has 1 aromatic heterocycles. The van der Waals surface area contributed by atoms with Crippen molar-refractivity contribution in [2.75, 3.05) is 5.75 Å². The Labute approximate surface area is 82.5 Å². The van der Waals surface area contributed by atoms with Crippen molar-refractivity contribution in [1.29, 1.82) is 0 Å². The first-order chi connectivity index (χ1) is 6.57. The Morgan fingerprint density at radius 3 is 2.00 bits per heavy atom. The molecular weight excluding hydrogens is 218 g/mol. The van der Waals surface area contributed by atoms with E-state index in [0.717, 1.165) is 11.8 Å². The molecular formula is C8H7F4NS. The van der Waals surface area contributed by atoms with Crippen molar-refractivity contribution in [3.05, 3.63) is 23.5 Å². The molecule has 1 nitrogen and oxygen atoms in total. The maximum absolute atomic E-state index is 12.9. The second-order valence-corrected chi connectivity index (χ2v) is 3.60. The fraction of sp³-hybridized carbons (Fsp3) is 0.375. The second kappa shape index (κ2) is 4.63. The van der Waals surface area contributed by atoms with Crippen molar-refractivity contribution in [2.24, 2.45) is 0 Å². The summed E-state index contributed by atoms with van der Waals surface area (Å²) >= 11 is 0.732. The minimum Gasteiger partial charge on any atom is -0.201 e. The summed E-state index contributed by atoms with van der Waals surface area (Å²) in [6.45, 7) is 1.79. The molecule has 0 aliphatic heterocycles. The monoisotopic (exact) mass is 225 g/mol. The predicted octanol–water partition coefficient (Wildman–Crippen LogP) is 3.14. The molecule has 0 aromatic carbocycles. The van der Waals surface area contributed by atoms with Crippen LogP contribution in [0.5, 0.6) is 0 Å². The zero-order chi connectivity index (χ0) is 10.7. The number of rotatable bonds is 3. The fourth-order valence-corrected chi connectivity index (χ4v) is 1.63. The van der Waals surface area contributed by atoms with E-state index in [4.69, 9.17) is 0 Å². The Morgan fingerprint density at radius 2 is 1.57 bits per heavy atom. The van der Waals surface area contributed by atoms with Crippen LogP contribution in [-0.2, 0) is 0 Å². The largest absolute Gasteiger partial charge is 0.252 e. The van der Waals surface area contributed by atoms with Crippen LogP contribution in [0.4, 0.5) is 17.6 Å². The van der Waals surface area contributed by atoms with Crippen LogP contribution < -0.4 is 0 Å². The topological polar surface area (TPSA) is 12.9 Å². The summed E-state index contributed by atoms with van der Waals surface area (Å²) in [4.78, 5) is 1.80. The molecule has 6 heteroatoms. The number of hydrogen-bond donors (Lipinski definition) is 0. The van der Waals surface area contributed by atoms with Crippen molar-refractivity contribution in [3.8, 4) is 0 Å². The lowest BCUT2D eigenvalue weighted by Gasteiger charge is -2.04. The first kappa shape index (κ1) is 11.3. The van der Waals surface area contributed by atoms with E-state index in [1.54, 1.807) is 6.92 Å². The van der Waals surface area contributed by atoms with Crippen molar-refractivity contribution in [2.45, 2.75) is 18.2 Å². The number of aromatic nitrogens is 1. The van der Waals surface area contributed by atoms with Gasteiger partial charge in [0.1, 0.15) is 0 Å². The van der Waals surface area contributed by atoms with Gasteiger partial charge in [0.15, 0.2) is 11.6 Å². The van der Waals surface area contributed by atoms with E-state index in [-0.39, 0.29) is 0 Å². The Bertz CT molecular complexity index is 316. The smallest absolute Gasteiger partial charge is 0.201 e. The molecule has 1 heterocycles. The van der Waals surface area contributed by atoms with Crippen LogP contribution in [0.1, 0.15) is 13.3 Å². The van der Waals surface area contributed by atoms with Crippen LogP contribution in [0.2, 0.25) is 0 Å². The highest BCUT2D eigenvalue weighted by Crippen LogP contribution is 2.27. The number of halogens is 4. The van der Waals surface area contributed by atoms with E-state index >= 15 is 0 Å². The molecule has 0 saturated carbocycles. The molecule has 1 rings (SSSR count). The summed E-state index contributed by atoms with van der Waals surface area (Å²) in [6, 6.07) is 0. The third kappa shape index (κ3) is 2.17. The molecule has 0 amide bonds. The van der Waals surface area contributed by atoms with Gasteiger partial charge in [-0.1, -0.05) is 6.92 Å². The van der Waals surface area contributed by atoms with Gasteiger partial charge in [-0.25, -0.2) is 8.78 Å². The molecule has 0 spiro atoms. The van der Waals surface area contributed by atoms with Gasteiger partial charge in [0.25, 0.3) is 11.9 Å². The van der Waals surface area contributed by atoms with Crippen LogP contribution in [0.25, 0.3) is 0 Å². The Morgan fingerprint density at radius 1 is 1.07 bits per heavy atom. The minimum atomic E-state index is -1.61. The summed E-state index contributed by atoms with van der Waals surface area (Å²) in [5.74, 6) is -5.69. The van der Waals surface area contributed by atoms with Gasteiger partial charge < -0.3 is 0 Å². The van der Waals surface area contributed by atoms with Crippen molar-refractivity contribution >= 4 is 11.8 Å².